The molecule has 4 heterocycles. The second-order valence-corrected chi connectivity index (χ2v) is 23.0. The van der Waals surface area contributed by atoms with Crippen molar-refractivity contribution < 1.29 is 33.6 Å². The highest BCUT2D eigenvalue weighted by atomic mass is 16.2. The summed E-state index contributed by atoms with van der Waals surface area (Å²) in [4.78, 5) is 101. The van der Waals surface area contributed by atoms with Gasteiger partial charge in [0.2, 0.25) is 29.5 Å². The molecule has 16 nitrogen and oxygen atoms in total. The Morgan fingerprint density at radius 3 is 1.81 bits per heavy atom. The molecule has 7 N–H and O–H groups in total. The van der Waals surface area contributed by atoms with E-state index in [1.807, 2.05) is 99.8 Å². The van der Waals surface area contributed by atoms with E-state index in [9.17, 15) is 33.6 Å². The SMILES string of the molecule is CC[C@H](NC)C(=O)N[C@@H]1C(=O)N2[C@@H](CC[C@@H]1CNC(=O)CCCCCCCCC(=O)[C@@H](NC(=O)[C@@H]1CC[C@@H]3CC[C@H](CNCc4ccccc4)[C@H](NC(=O)[C@H](CC)NC)CN31)c1ccccc1)CC[C@H]2C(=O)CCc1ccccc1. The summed E-state index contributed by atoms with van der Waals surface area (Å²) in [6.07, 6.45) is 13.9. The van der Waals surface area contributed by atoms with E-state index in [4.69, 9.17) is 0 Å². The van der Waals surface area contributed by atoms with Crippen molar-refractivity contribution in [2.45, 2.75) is 203 Å². The molecule has 0 radical (unpaired) electrons. The number of benzene rings is 3. The van der Waals surface area contributed by atoms with E-state index in [2.05, 4.69) is 54.3 Å². The number of amides is 5. The summed E-state index contributed by atoms with van der Waals surface area (Å²) in [5.41, 5.74) is 3.05. The van der Waals surface area contributed by atoms with Crippen LogP contribution >= 0.6 is 0 Å². The molecule has 4 fully saturated rings. The fourth-order valence-electron chi connectivity index (χ4n) is 13.0. The van der Waals surface area contributed by atoms with Crippen LogP contribution in [0.2, 0.25) is 0 Å². The lowest BCUT2D eigenvalue weighted by Gasteiger charge is -2.34. The van der Waals surface area contributed by atoms with Crippen molar-refractivity contribution in [2.75, 3.05) is 33.7 Å². The molecule has 0 aromatic heterocycles. The van der Waals surface area contributed by atoms with Crippen molar-refractivity contribution in [3.63, 3.8) is 0 Å². The molecule has 0 unspecified atom stereocenters. The van der Waals surface area contributed by atoms with Crippen LogP contribution in [0, 0.1) is 11.8 Å². The van der Waals surface area contributed by atoms with Gasteiger partial charge in [0, 0.05) is 69.5 Å². The number of hydrogen-bond donors (Lipinski definition) is 7. The summed E-state index contributed by atoms with van der Waals surface area (Å²) in [6.45, 7) is 6.20. The Morgan fingerprint density at radius 1 is 0.588 bits per heavy atom. The molecule has 11 atom stereocenters. The van der Waals surface area contributed by atoms with Gasteiger partial charge in [-0.25, -0.2) is 0 Å². The normalized spacial score (nSPS) is 24.1. The lowest BCUT2D eigenvalue weighted by Crippen LogP contribution is -2.58. The molecule has 436 valence electrons. The van der Waals surface area contributed by atoms with Gasteiger partial charge in [-0.05, 0) is 120 Å². The first-order chi connectivity index (χ1) is 38.9. The van der Waals surface area contributed by atoms with E-state index in [0.29, 0.717) is 83.6 Å². The highest BCUT2D eigenvalue weighted by Crippen LogP contribution is 2.36. The molecule has 16 heteroatoms. The number of carbonyl (C=O) groups is 7. The Hall–Kier alpha value is -5.81. The molecule has 3 aromatic carbocycles. The van der Waals surface area contributed by atoms with Crippen LogP contribution in [-0.2, 0) is 46.5 Å². The Morgan fingerprint density at radius 2 is 1.15 bits per heavy atom. The molecule has 80 heavy (non-hydrogen) atoms. The first kappa shape index (κ1) is 61.8. The fourth-order valence-corrected chi connectivity index (χ4v) is 13.0. The fraction of sp³-hybridized carbons (Fsp3) is 0.609. The van der Waals surface area contributed by atoms with Gasteiger partial charge < -0.3 is 42.1 Å². The molecule has 0 aliphatic carbocycles. The molecule has 4 aliphatic heterocycles. The quantitative estimate of drug-likeness (QED) is 0.0341. The van der Waals surface area contributed by atoms with E-state index in [1.54, 1.807) is 11.9 Å². The Kier molecular flexibility index (Phi) is 24.7. The van der Waals surface area contributed by atoms with Gasteiger partial charge in [-0.1, -0.05) is 131 Å². The van der Waals surface area contributed by atoms with Crippen LogP contribution in [0.4, 0.5) is 0 Å². The summed E-state index contributed by atoms with van der Waals surface area (Å²) >= 11 is 0. The van der Waals surface area contributed by atoms with Crippen LogP contribution < -0.4 is 37.2 Å². The van der Waals surface area contributed by atoms with Gasteiger partial charge >= 0.3 is 0 Å². The lowest BCUT2D eigenvalue weighted by molar-refractivity contribution is -0.143. The topological polar surface area (TPSA) is 210 Å². The summed E-state index contributed by atoms with van der Waals surface area (Å²) in [5.74, 6) is -0.877. The summed E-state index contributed by atoms with van der Waals surface area (Å²) in [5, 5.41) is 22.6. The predicted molar refractivity (Wildman–Crippen MR) is 313 cm³/mol. The van der Waals surface area contributed by atoms with E-state index in [-0.39, 0.29) is 83.7 Å². The zero-order chi connectivity index (χ0) is 56.8. The van der Waals surface area contributed by atoms with Crippen molar-refractivity contribution in [3.8, 4) is 0 Å². The van der Waals surface area contributed by atoms with E-state index in [0.717, 1.165) is 75.6 Å². The monoisotopic (exact) mass is 1100 g/mol. The zero-order valence-electron chi connectivity index (χ0n) is 48.2. The maximum absolute atomic E-state index is 14.5. The Labute approximate surface area is 476 Å². The number of likely N-dealkylation sites (N-methyl/N-ethyl adjacent to an activating group) is 2. The van der Waals surface area contributed by atoms with Crippen molar-refractivity contribution >= 4 is 41.1 Å². The third-order valence-corrected chi connectivity index (χ3v) is 17.8. The number of ketones is 2. The maximum atomic E-state index is 14.5. The molecule has 7 rings (SSSR count). The molecule has 4 saturated heterocycles. The zero-order valence-corrected chi connectivity index (χ0v) is 48.2. The van der Waals surface area contributed by atoms with Gasteiger partial charge in [0.05, 0.1) is 24.2 Å². The van der Waals surface area contributed by atoms with Crippen LogP contribution in [0.15, 0.2) is 91.0 Å². The average Bonchev–Trinajstić information content (AvgIpc) is 4.11. The van der Waals surface area contributed by atoms with Gasteiger partial charge in [-0.3, -0.25) is 38.5 Å². The van der Waals surface area contributed by atoms with Gasteiger partial charge in [0.15, 0.2) is 11.6 Å². The van der Waals surface area contributed by atoms with Gasteiger partial charge in [0.25, 0.3) is 0 Å². The highest BCUT2D eigenvalue weighted by Gasteiger charge is 2.48. The van der Waals surface area contributed by atoms with Crippen LogP contribution in [0.3, 0.4) is 0 Å². The average molecular weight is 1100 g/mol. The number of fused-ring (bicyclic) bond motifs is 2. The summed E-state index contributed by atoms with van der Waals surface area (Å²) in [6, 6.07) is 26.3. The predicted octanol–water partition coefficient (Wildman–Crippen LogP) is 6.62. The van der Waals surface area contributed by atoms with Crippen LogP contribution in [-0.4, -0.2) is 133 Å². The first-order valence-electron chi connectivity index (χ1n) is 30.4. The van der Waals surface area contributed by atoms with E-state index < -0.39 is 30.2 Å². The molecule has 5 amide bonds. The number of unbranched alkanes of at least 4 members (excludes halogenated alkanes) is 5. The number of Topliss-reactive ketones (excluding diaryl/α,β-unsaturated/α-hetero) is 2. The molecule has 0 saturated carbocycles. The molecule has 3 aromatic rings. The summed E-state index contributed by atoms with van der Waals surface area (Å²) < 4.78 is 0. The largest absolute Gasteiger partial charge is 0.356 e. The number of nitrogens with one attached hydrogen (secondary N) is 7. The minimum absolute atomic E-state index is 0.0177. The smallest absolute Gasteiger partial charge is 0.246 e. The molecule has 0 spiro atoms. The molecular weight excluding hydrogens is 1010 g/mol. The van der Waals surface area contributed by atoms with Gasteiger partial charge in [0.1, 0.15) is 12.1 Å². The summed E-state index contributed by atoms with van der Waals surface area (Å²) in [7, 11) is 3.53. The number of aryl methyl sites for hydroxylation is 1. The molecule has 4 aliphatic rings. The van der Waals surface area contributed by atoms with Gasteiger partial charge in [-0.15, -0.1) is 0 Å². The lowest BCUT2D eigenvalue weighted by atomic mass is 9.92. The number of carbonyl (C=O) groups excluding carboxylic acids is 7. The number of hydrogen-bond acceptors (Lipinski definition) is 11. The first-order valence-corrected chi connectivity index (χ1v) is 30.4. The third kappa shape index (κ3) is 17.4. The second-order valence-electron chi connectivity index (χ2n) is 23.0. The van der Waals surface area contributed by atoms with Crippen molar-refractivity contribution in [3.05, 3.63) is 108 Å². The number of nitrogens with zero attached hydrogens (tertiary/aromatic N) is 2. The Bertz CT molecular complexity index is 2440. The van der Waals surface area contributed by atoms with Crippen LogP contribution in [0.5, 0.6) is 0 Å². The minimum Gasteiger partial charge on any atom is -0.356 e. The molecular formula is C64H93N9O7. The van der Waals surface area contributed by atoms with Crippen molar-refractivity contribution in [1.82, 2.24) is 47.0 Å². The Balaban J connectivity index is 0.861. The maximum Gasteiger partial charge on any atom is 0.246 e. The molecule has 0 bridgehead atoms. The minimum atomic E-state index is -0.859. The standard InChI is InChI=1S/C64H93N9O7/c1-5-51(65-3)61(77)69-53-43-72-49(33-31-47(53)41-67-40-45-24-16-12-17-25-45)35-38-55(72)63(79)70-59(46-26-18-13-19-27-46)57(75)28-20-9-7-8-10-21-29-58(76)68-42-48-32-34-50-36-37-54(56(74)39-30-44-22-14-11-15-23-44)73(50)64(80)60(48)71-62(78)52(6-2)66-4/h11-19,22-27,47-55,59-60,65-67H,5-10,20-21,28-43H2,1-4H3,(H,68,76)(H,69,77)(H,70,79)(H,71,78)/t47-,48-,49+,50+,51+,52+,53-,54+,55+,59+,60+/m1/s1. The second kappa shape index (κ2) is 32.0. The van der Waals surface area contributed by atoms with Crippen molar-refractivity contribution in [2.24, 2.45) is 11.8 Å². The highest BCUT2D eigenvalue weighted by molar-refractivity contribution is 5.95. The van der Waals surface area contributed by atoms with E-state index >= 15 is 0 Å². The van der Waals surface area contributed by atoms with Crippen LogP contribution in [0.25, 0.3) is 0 Å². The third-order valence-electron chi connectivity index (χ3n) is 17.8. The van der Waals surface area contributed by atoms with E-state index in [1.165, 1.54) is 5.56 Å². The van der Waals surface area contributed by atoms with Crippen molar-refractivity contribution in [1.29, 1.82) is 0 Å². The van der Waals surface area contributed by atoms with Crippen LogP contribution in [0.1, 0.15) is 159 Å². The number of rotatable bonds is 31. The van der Waals surface area contributed by atoms with Gasteiger partial charge in [-0.2, -0.15) is 0 Å².